The quantitative estimate of drug-likeness (QED) is 0.836. The second-order valence-electron chi connectivity index (χ2n) is 6.14. The molecule has 0 amide bonds. The minimum absolute atomic E-state index is 0.673. The van der Waals surface area contributed by atoms with Crippen LogP contribution in [0.5, 0.6) is 0 Å². The number of benzene rings is 1. The predicted molar refractivity (Wildman–Crippen MR) is 88.8 cm³/mol. The number of rotatable bonds is 7. The lowest BCUT2D eigenvalue weighted by Gasteiger charge is -2.11. The monoisotopic (exact) mass is 285 g/mol. The Labute approximate surface area is 128 Å². The van der Waals surface area contributed by atoms with Gasteiger partial charge in [0.1, 0.15) is 0 Å². The van der Waals surface area contributed by atoms with Gasteiger partial charge in [0.15, 0.2) is 0 Å². The lowest BCUT2D eigenvalue weighted by Crippen LogP contribution is -2.19. The lowest BCUT2D eigenvalue weighted by atomic mass is 10.1. The first-order chi connectivity index (χ1) is 10.1. The summed E-state index contributed by atoms with van der Waals surface area (Å²) < 4.78 is 2.09. The number of nitrogens with zero attached hydrogens (tertiary/aromatic N) is 2. The van der Waals surface area contributed by atoms with E-state index in [9.17, 15) is 0 Å². The summed E-state index contributed by atoms with van der Waals surface area (Å²) in [6, 6.07) is 8.58. The molecule has 0 aliphatic carbocycles. The van der Waals surface area contributed by atoms with Gasteiger partial charge < -0.3 is 5.32 Å². The molecule has 3 nitrogen and oxygen atoms in total. The Balaban J connectivity index is 2.21. The van der Waals surface area contributed by atoms with E-state index < -0.39 is 0 Å². The van der Waals surface area contributed by atoms with Gasteiger partial charge in [-0.2, -0.15) is 5.10 Å². The van der Waals surface area contributed by atoms with Crippen molar-refractivity contribution in [3.63, 3.8) is 0 Å². The van der Waals surface area contributed by atoms with E-state index in [0.717, 1.165) is 31.6 Å². The molecule has 1 N–H and O–H groups in total. The Kier molecular flexibility index (Phi) is 5.57. The maximum atomic E-state index is 4.61. The van der Waals surface area contributed by atoms with Crippen molar-refractivity contribution in [2.24, 2.45) is 5.92 Å². The largest absolute Gasteiger partial charge is 0.312 e. The molecule has 0 radical (unpaired) electrons. The average molecular weight is 285 g/mol. The van der Waals surface area contributed by atoms with Crippen LogP contribution < -0.4 is 5.32 Å². The van der Waals surface area contributed by atoms with Gasteiger partial charge in [0.2, 0.25) is 0 Å². The number of aromatic nitrogens is 2. The van der Waals surface area contributed by atoms with Crippen molar-refractivity contribution in [1.82, 2.24) is 15.1 Å². The summed E-state index contributed by atoms with van der Waals surface area (Å²) in [6.45, 7) is 10.7. The van der Waals surface area contributed by atoms with E-state index in [0.29, 0.717) is 5.92 Å². The zero-order chi connectivity index (χ0) is 15.2. The Morgan fingerprint density at radius 2 is 1.90 bits per heavy atom. The van der Waals surface area contributed by atoms with Gasteiger partial charge in [-0.15, -0.1) is 0 Å². The predicted octanol–water partition coefficient (Wildman–Crippen LogP) is 3.88. The Bertz CT molecular complexity index is 552. The fourth-order valence-electron chi connectivity index (χ4n) is 2.46. The molecular weight excluding hydrogens is 258 g/mol. The lowest BCUT2D eigenvalue weighted by molar-refractivity contribution is 0.550. The maximum Gasteiger partial charge on any atom is 0.0649 e. The van der Waals surface area contributed by atoms with Gasteiger partial charge in [0.05, 0.1) is 11.9 Å². The van der Waals surface area contributed by atoms with Crippen molar-refractivity contribution in [2.45, 2.75) is 47.1 Å². The molecule has 0 atom stereocenters. The first-order valence-corrected chi connectivity index (χ1v) is 7.95. The topological polar surface area (TPSA) is 29.9 Å². The SMILES string of the molecule is CCCc1c(CNCC(C)C)cnn1-c1ccc(C)cc1. The molecule has 2 aromatic rings. The van der Waals surface area contributed by atoms with Crippen LogP contribution in [-0.4, -0.2) is 16.3 Å². The third kappa shape index (κ3) is 4.18. The first kappa shape index (κ1) is 15.8. The molecule has 1 aromatic carbocycles. The summed E-state index contributed by atoms with van der Waals surface area (Å²) in [5.41, 5.74) is 5.08. The Hall–Kier alpha value is -1.61. The van der Waals surface area contributed by atoms with E-state index in [1.165, 1.54) is 16.8 Å². The summed E-state index contributed by atoms with van der Waals surface area (Å²) in [6.07, 6.45) is 4.21. The van der Waals surface area contributed by atoms with Crippen molar-refractivity contribution >= 4 is 0 Å². The molecule has 3 heteroatoms. The highest BCUT2D eigenvalue weighted by Crippen LogP contribution is 2.17. The number of hydrogen-bond acceptors (Lipinski definition) is 2. The van der Waals surface area contributed by atoms with Crippen LogP contribution in [0.3, 0.4) is 0 Å². The van der Waals surface area contributed by atoms with Gasteiger partial charge >= 0.3 is 0 Å². The molecule has 114 valence electrons. The molecule has 0 spiro atoms. The number of nitrogens with one attached hydrogen (secondary N) is 1. The van der Waals surface area contributed by atoms with Crippen LogP contribution in [0.15, 0.2) is 30.5 Å². The van der Waals surface area contributed by atoms with Gasteiger partial charge in [0, 0.05) is 17.8 Å². The van der Waals surface area contributed by atoms with Crippen LogP contribution in [0.4, 0.5) is 0 Å². The van der Waals surface area contributed by atoms with Gasteiger partial charge in [-0.3, -0.25) is 0 Å². The zero-order valence-corrected chi connectivity index (χ0v) is 13.7. The van der Waals surface area contributed by atoms with Crippen LogP contribution in [0.1, 0.15) is 44.0 Å². The molecule has 0 saturated carbocycles. The molecule has 0 bridgehead atoms. The molecule has 0 unspecified atom stereocenters. The van der Waals surface area contributed by atoms with E-state index in [1.54, 1.807) is 0 Å². The van der Waals surface area contributed by atoms with Gasteiger partial charge in [-0.25, -0.2) is 4.68 Å². The van der Waals surface area contributed by atoms with Crippen molar-refractivity contribution in [3.05, 3.63) is 47.3 Å². The van der Waals surface area contributed by atoms with Crippen LogP contribution in [-0.2, 0) is 13.0 Å². The number of aryl methyl sites for hydroxylation is 1. The van der Waals surface area contributed by atoms with Gasteiger partial charge in [0.25, 0.3) is 0 Å². The average Bonchev–Trinajstić information content (AvgIpc) is 2.83. The van der Waals surface area contributed by atoms with Gasteiger partial charge in [-0.1, -0.05) is 44.9 Å². The minimum atomic E-state index is 0.673. The molecule has 0 aliphatic heterocycles. The molecule has 21 heavy (non-hydrogen) atoms. The van der Waals surface area contributed by atoms with Crippen molar-refractivity contribution in [3.8, 4) is 5.69 Å². The smallest absolute Gasteiger partial charge is 0.0649 e. The fourth-order valence-corrected chi connectivity index (χ4v) is 2.46. The molecule has 0 fully saturated rings. The minimum Gasteiger partial charge on any atom is -0.312 e. The summed E-state index contributed by atoms with van der Waals surface area (Å²) in [5, 5.41) is 8.13. The third-order valence-corrected chi connectivity index (χ3v) is 3.59. The van der Waals surface area contributed by atoms with Crippen molar-refractivity contribution in [2.75, 3.05) is 6.54 Å². The van der Waals surface area contributed by atoms with E-state index in [-0.39, 0.29) is 0 Å². The molecule has 1 aromatic heterocycles. The highest BCUT2D eigenvalue weighted by molar-refractivity contribution is 5.37. The van der Waals surface area contributed by atoms with E-state index in [2.05, 4.69) is 67.1 Å². The summed E-state index contributed by atoms with van der Waals surface area (Å²) in [5.74, 6) is 0.673. The molecular formula is C18H27N3. The molecule has 1 heterocycles. The summed E-state index contributed by atoms with van der Waals surface area (Å²) in [7, 11) is 0. The summed E-state index contributed by atoms with van der Waals surface area (Å²) in [4.78, 5) is 0. The highest BCUT2D eigenvalue weighted by Gasteiger charge is 2.11. The standard InChI is InChI=1S/C18H27N3/c1-5-6-18-16(12-19-11-14(2)3)13-20-21(18)17-9-7-15(4)8-10-17/h7-10,13-14,19H,5-6,11-12H2,1-4H3. The third-order valence-electron chi connectivity index (χ3n) is 3.59. The normalized spacial score (nSPS) is 11.3. The van der Waals surface area contributed by atoms with Crippen LogP contribution >= 0.6 is 0 Å². The van der Waals surface area contributed by atoms with E-state index in [1.807, 2.05) is 6.20 Å². The first-order valence-electron chi connectivity index (χ1n) is 7.95. The van der Waals surface area contributed by atoms with Crippen molar-refractivity contribution < 1.29 is 0 Å². The highest BCUT2D eigenvalue weighted by atomic mass is 15.3. The second-order valence-corrected chi connectivity index (χ2v) is 6.14. The van der Waals surface area contributed by atoms with E-state index in [4.69, 9.17) is 0 Å². The maximum absolute atomic E-state index is 4.61. The second kappa shape index (κ2) is 7.41. The fraction of sp³-hybridized carbons (Fsp3) is 0.500. The Morgan fingerprint density at radius 1 is 1.19 bits per heavy atom. The Morgan fingerprint density at radius 3 is 2.52 bits per heavy atom. The van der Waals surface area contributed by atoms with E-state index >= 15 is 0 Å². The van der Waals surface area contributed by atoms with Crippen LogP contribution in [0.25, 0.3) is 5.69 Å². The summed E-state index contributed by atoms with van der Waals surface area (Å²) >= 11 is 0. The number of hydrogen-bond donors (Lipinski definition) is 1. The molecule has 0 saturated heterocycles. The molecule has 0 aliphatic rings. The zero-order valence-electron chi connectivity index (χ0n) is 13.7. The van der Waals surface area contributed by atoms with Crippen LogP contribution in [0.2, 0.25) is 0 Å². The molecule has 2 rings (SSSR count). The van der Waals surface area contributed by atoms with Gasteiger partial charge in [-0.05, 0) is 37.9 Å². The van der Waals surface area contributed by atoms with Crippen LogP contribution in [0, 0.1) is 12.8 Å². The van der Waals surface area contributed by atoms with Crippen molar-refractivity contribution in [1.29, 1.82) is 0 Å².